The molecule has 0 unspecified atom stereocenters. The summed E-state index contributed by atoms with van der Waals surface area (Å²) in [6.07, 6.45) is 5.88. The van der Waals surface area contributed by atoms with Gasteiger partial charge in [0.25, 0.3) is 5.91 Å². The van der Waals surface area contributed by atoms with E-state index < -0.39 is 5.91 Å². The summed E-state index contributed by atoms with van der Waals surface area (Å²) < 4.78 is 2.06. The number of amides is 1. The van der Waals surface area contributed by atoms with Gasteiger partial charge < -0.3 is 16.2 Å². The number of aromatic nitrogens is 2. The lowest BCUT2D eigenvalue weighted by atomic mass is 9.75. The van der Waals surface area contributed by atoms with Crippen LogP contribution in [0.5, 0.6) is 0 Å². The molecule has 1 amide bonds. The second kappa shape index (κ2) is 7.99. The van der Waals surface area contributed by atoms with Gasteiger partial charge in [0.15, 0.2) is 5.78 Å². The number of aliphatic hydroxyl groups excluding tert-OH is 1. The number of aliphatic hydroxyl groups is 1. The summed E-state index contributed by atoms with van der Waals surface area (Å²) in [5, 5.41) is 14.2. The van der Waals surface area contributed by atoms with Crippen molar-refractivity contribution in [1.82, 2.24) is 9.55 Å². The highest BCUT2D eigenvalue weighted by molar-refractivity contribution is 6.10. The van der Waals surface area contributed by atoms with E-state index in [1.165, 1.54) is 0 Å². The zero-order chi connectivity index (χ0) is 23.3. The lowest BCUT2D eigenvalue weighted by Gasteiger charge is -2.30. The van der Waals surface area contributed by atoms with Gasteiger partial charge in [-0.1, -0.05) is 13.8 Å². The van der Waals surface area contributed by atoms with Gasteiger partial charge in [-0.25, -0.2) is 4.98 Å². The lowest BCUT2D eigenvalue weighted by molar-refractivity contribution is 0.0911. The summed E-state index contributed by atoms with van der Waals surface area (Å²) in [4.78, 5) is 29.9. The van der Waals surface area contributed by atoms with Crippen molar-refractivity contribution in [3.05, 3.63) is 53.3 Å². The molecule has 2 aromatic heterocycles. The van der Waals surface area contributed by atoms with Gasteiger partial charge in [-0.15, -0.1) is 0 Å². The first-order valence-corrected chi connectivity index (χ1v) is 11.6. The second-order valence-corrected chi connectivity index (χ2v) is 10.2. The number of hydrogen-bond donors (Lipinski definition) is 3. The highest BCUT2D eigenvalue weighted by atomic mass is 16.3. The van der Waals surface area contributed by atoms with Gasteiger partial charge in [0.2, 0.25) is 0 Å². The third-order valence-electron chi connectivity index (χ3n) is 6.97. The molecule has 2 aliphatic rings. The zero-order valence-corrected chi connectivity index (χ0v) is 19.1. The molecule has 1 fully saturated rings. The molecule has 33 heavy (non-hydrogen) atoms. The second-order valence-electron chi connectivity index (χ2n) is 10.2. The predicted molar refractivity (Wildman–Crippen MR) is 128 cm³/mol. The molecule has 1 saturated carbocycles. The number of nitrogens with two attached hydrogens (primary N) is 1. The Bertz CT molecular complexity index is 1250. The molecule has 2 aliphatic carbocycles. The van der Waals surface area contributed by atoms with Gasteiger partial charge in [0, 0.05) is 46.7 Å². The molecule has 0 spiro atoms. The summed E-state index contributed by atoms with van der Waals surface area (Å²) in [7, 11) is 0. The topological polar surface area (TPSA) is 110 Å². The first-order valence-electron chi connectivity index (χ1n) is 11.6. The number of carbonyl (C=O) groups is 2. The normalized spacial score (nSPS) is 22.2. The summed E-state index contributed by atoms with van der Waals surface area (Å²) in [6, 6.07) is 9.53. The molecule has 0 bridgehead atoms. The first kappa shape index (κ1) is 21.6. The molecule has 0 radical (unpaired) electrons. The van der Waals surface area contributed by atoms with Crippen LogP contribution in [0.2, 0.25) is 0 Å². The van der Waals surface area contributed by atoms with Crippen molar-refractivity contribution >= 4 is 28.4 Å². The third kappa shape index (κ3) is 3.91. The van der Waals surface area contributed by atoms with E-state index in [1.54, 1.807) is 12.3 Å². The van der Waals surface area contributed by atoms with Crippen LogP contribution in [-0.2, 0) is 6.42 Å². The number of hydrogen-bond acceptors (Lipinski definition) is 5. The van der Waals surface area contributed by atoms with Crippen LogP contribution in [0.3, 0.4) is 0 Å². The lowest BCUT2D eigenvalue weighted by Crippen LogP contribution is -2.29. The van der Waals surface area contributed by atoms with Gasteiger partial charge in [-0.05, 0) is 67.9 Å². The number of nitrogens with one attached hydrogen (secondary N) is 1. The number of benzene rings is 1. The number of ketones is 1. The molecule has 0 saturated heterocycles. The molecular weight excluding hydrogens is 416 g/mol. The molecule has 5 rings (SSSR count). The van der Waals surface area contributed by atoms with Gasteiger partial charge in [-0.3, -0.25) is 14.2 Å². The van der Waals surface area contributed by atoms with Crippen molar-refractivity contribution in [3.8, 4) is 5.69 Å². The van der Waals surface area contributed by atoms with Gasteiger partial charge in [0.05, 0.1) is 11.7 Å². The van der Waals surface area contributed by atoms with Crippen LogP contribution >= 0.6 is 0 Å². The van der Waals surface area contributed by atoms with Crippen LogP contribution in [0, 0.1) is 5.41 Å². The number of Topliss-reactive ketones (excluding diaryl/α,β-unsaturated/α-hetero) is 1. The van der Waals surface area contributed by atoms with Crippen LogP contribution < -0.4 is 11.1 Å². The van der Waals surface area contributed by atoms with E-state index in [4.69, 9.17) is 5.73 Å². The number of nitrogens with zero attached hydrogens (tertiary/aromatic N) is 2. The highest BCUT2D eigenvalue weighted by Gasteiger charge is 2.36. The minimum atomic E-state index is -0.492. The average molecular weight is 447 g/mol. The Morgan fingerprint density at radius 1 is 1.18 bits per heavy atom. The van der Waals surface area contributed by atoms with E-state index >= 15 is 0 Å². The summed E-state index contributed by atoms with van der Waals surface area (Å²) in [6.45, 7) is 4.23. The van der Waals surface area contributed by atoms with Crippen molar-refractivity contribution in [1.29, 1.82) is 0 Å². The van der Waals surface area contributed by atoms with E-state index in [1.807, 2.05) is 24.3 Å². The molecule has 172 valence electrons. The maximum atomic E-state index is 13.1. The summed E-state index contributed by atoms with van der Waals surface area (Å²) in [5.41, 5.74) is 9.95. The van der Waals surface area contributed by atoms with E-state index in [2.05, 4.69) is 28.7 Å². The minimum absolute atomic E-state index is 0.144. The molecule has 2 heterocycles. The molecule has 4 N–H and O–H groups in total. The third-order valence-corrected chi connectivity index (χ3v) is 6.97. The molecule has 1 aromatic carbocycles. The van der Waals surface area contributed by atoms with E-state index in [9.17, 15) is 14.7 Å². The molecule has 0 atom stereocenters. The smallest absolute Gasteiger partial charge is 0.250 e. The fraction of sp³-hybridized carbons (Fsp3) is 0.423. The minimum Gasteiger partial charge on any atom is -0.393 e. The maximum Gasteiger partial charge on any atom is 0.250 e. The maximum absolute atomic E-state index is 13.1. The van der Waals surface area contributed by atoms with E-state index in [-0.39, 0.29) is 23.3 Å². The Kier molecular flexibility index (Phi) is 5.24. The van der Waals surface area contributed by atoms with E-state index in [0.717, 1.165) is 60.1 Å². The molecule has 7 nitrogen and oxygen atoms in total. The Hall–Kier alpha value is -3.19. The van der Waals surface area contributed by atoms with Crippen molar-refractivity contribution in [2.24, 2.45) is 11.1 Å². The number of rotatable bonds is 4. The van der Waals surface area contributed by atoms with Crippen LogP contribution in [0.15, 0.2) is 36.5 Å². The highest BCUT2D eigenvalue weighted by Crippen LogP contribution is 2.41. The quantitative estimate of drug-likeness (QED) is 0.561. The Morgan fingerprint density at radius 2 is 1.94 bits per heavy atom. The summed E-state index contributed by atoms with van der Waals surface area (Å²) in [5.74, 6) is -0.348. The number of pyridine rings is 1. The van der Waals surface area contributed by atoms with Crippen LogP contribution in [0.25, 0.3) is 16.7 Å². The van der Waals surface area contributed by atoms with Crippen LogP contribution in [-0.4, -0.2) is 38.5 Å². The first-order chi connectivity index (χ1) is 15.7. The van der Waals surface area contributed by atoms with Gasteiger partial charge >= 0.3 is 0 Å². The fourth-order valence-electron chi connectivity index (χ4n) is 5.41. The molecular formula is C26H30N4O3. The predicted octanol–water partition coefficient (Wildman–Crippen LogP) is 3.99. The molecule has 7 heteroatoms. The number of carbonyl (C=O) groups excluding carboxylic acids is 2. The molecule has 0 aliphatic heterocycles. The van der Waals surface area contributed by atoms with Crippen molar-refractivity contribution in [2.45, 2.75) is 64.5 Å². The van der Waals surface area contributed by atoms with Crippen molar-refractivity contribution in [2.75, 3.05) is 5.32 Å². The summed E-state index contributed by atoms with van der Waals surface area (Å²) >= 11 is 0. The van der Waals surface area contributed by atoms with Crippen molar-refractivity contribution in [3.63, 3.8) is 0 Å². The fourth-order valence-corrected chi connectivity index (χ4v) is 5.41. The van der Waals surface area contributed by atoms with Gasteiger partial charge in [-0.2, -0.15) is 0 Å². The largest absolute Gasteiger partial charge is 0.393 e. The standard InChI is InChI=1S/C26H30N4O3/c1-26(2)13-21-23(22(32)14-26)19-4-3-11-28-25(19)30(21)16-7-10-18(24(27)33)20(12-16)29-15-5-8-17(31)9-6-15/h3-4,7,10-12,15,17,29,31H,5-6,8-9,13-14H2,1-2H3,(H2,27,33)/t15-,17-. The Labute approximate surface area is 193 Å². The number of primary amides is 1. The Morgan fingerprint density at radius 3 is 2.67 bits per heavy atom. The van der Waals surface area contributed by atoms with Crippen LogP contribution in [0.4, 0.5) is 5.69 Å². The van der Waals surface area contributed by atoms with Crippen molar-refractivity contribution < 1.29 is 14.7 Å². The Balaban J connectivity index is 1.65. The van der Waals surface area contributed by atoms with Crippen LogP contribution in [0.1, 0.15) is 72.4 Å². The number of fused-ring (bicyclic) bond motifs is 3. The average Bonchev–Trinajstić information content (AvgIpc) is 3.08. The zero-order valence-electron chi connectivity index (χ0n) is 19.1. The monoisotopic (exact) mass is 446 g/mol. The van der Waals surface area contributed by atoms with Gasteiger partial charge in [0.1, 0.15) is 5.65 Å². The SMILES string of the molecule is CC1(C)CC(=O)c2c(n(-c3ccc(C(N)=O)c(N[C@H]4CC[C@H](O)CC4)c3)c3ncccc23)C1. The van der Waals surface area contributed by atoms with E-state index in [0.29, 0.717) is 17.7 Å². The molecule has 3 aromatic rings. The number of anilines is 1.